The Hall–Kier alpha value is -1.59. The van der Waals surface area contributed by atoms with Gasteiger partial charge in [-0.1, -0.05) is 41.9 Å². The van der Waals surface area contributed by atoms with E-state index in [1.807, 2.05) is 36.4 Å². The van der Waals surface area contributed by atoms with Crippen LogP contribution in [0.4, 0.5) is 5.69 Å². The maximum atomic E-state index is 5.49. The van der Waals surface area contributed by atoms with E-state index >= 15 is 0 Å². The number of rotatable bonds is 6. The molecule has 24 heavy (non-hydrogen) atoms. The number of benzene rings is 2. The summed E-state index contributed by atoms with van der Waals surface area (Å²) in [6.45, 7) is 4.42. The molecule has 0 bridgehead atoms. The van der Waals surface area contributed by atoms with Crippen LogP contribution >= 0.6 is 28.1 Å². The summed E-state index contributed by atoms with van der Waals surface area (Å²) in [5.41, 5.74) is 2.16. The quantitative estimate of drug-likeness (QED) is 0.617. The van der Waals surface area contributed by atoms with E-state index in [-0.39, 0.29) is 6.04 Å². The van der Waals surface area contributed by atoms with Crippen LogP contribution in [0.2, 0.25) is 0 Å². The van der Waals surface area contributed by atoms with E-state index < -0.39 is 0 Å². The standard InChI is InChI=1S/C19H23BrN2OS/c1-13(2)12-18(14-4-10-17(23-3)11-5-14)22-19(24)21-16-8-6-15(20)7-9-16/h4-11,13,18H,12H2,1-3H3,(H2,21,22,24). The molecule has 5 heteroatoms. The summed E-state index contributed by atoms with van der Waals surface area (Å²) in [6.07, 6.45) is 0.995. The molecule has 3 nitrogen and oxygen atoms in total. The Morgan fingerprint density at radius 3 is 2.25 bits per heavy atom. The molecule has 2 N–H and O–H groups in total. The molecule has 1 atom stereocenters. The summed E-state index contributed by atoms with van der Waals surface area (Å²) in [5.74, 6) is 1.41. The van der Waals surface area contributed by atoms with Crippen LogP contribution in [0.3, 0.4) is 0 Å². The lowest BCUT2D eigenvalue weighted by molar-refractivity contribution is 0.414. The van der Waals surface area contributed by atoms with Gasteiger partial charge in [-0.15, -0.1) is 0 Å². The minimum Gasteiger partial charge on any atom is -0.497 e. The van der Waals surface area contributed by atoms with Crippen LogP contribution in [0.25, 0.3) is 0 Å². The van der Waals surface area contributed by atoms with Crippen LogP contribution in [-0.4, -0.2) is 12.2 Å². The molecular formula is C19H23BrN2OS. The van der Waals surface area contributed by atoms with Gasteiger partial charge in [-0.05, 0) is 66.5 Å². The highest BCUT2D eigenvalue weighted by molar-refractivity contribution is 9.10. The molecule has 0 aliphatic heterocycles. The van der Waals surface area contributed by atoms with Gasteiger partial charge in [0.05, 0.1) is 13.2 Å². The van der Waals surface area contributed by atoms with Crippen molar-refractivity contribution in [3.05, 3.63) is 58.6 Å². The lowest BCUT2D eigenvalue weighted by Gasteiger charge is -2.23. The molecule has 0 aliphatic rings. The van der Waals surface area contributed by atoms with Gasteiger partial charge in [-0.3, -0.25) is 0 Å². The Bertz CT molecular complexity index is 656. The van der Waals surface area contributed by atoms with Crippen molar-refractivity contribution in [2.75, 3.05) is 12.4 Å². The van der Waals surface area contributed by atoms with E-state index in [0.717, 1.165) is 22.3 Å². The maximum Gasteiger partial charge on any atom is 0.171 e. The number of halogens is 1. The minimum atomic E-state index is 0.159. The third-order valence-corrected chi connectivity index (χ3v) is 4.38. The molecule has 2 aromatic rings. The fraction of sp³-hybridized carbons (Fsp3) is 0.316. The van der Waals surface area contributed by atoms with Gasteiger partial charge < -0.3 is 15.4 Å². The normalized spacial score (nSPS) is 11.9. The van der Waals surface area contributed by atoms with Crippen LogP contribution in [0.5, 0.6) is 5.75 Å². The first-order chi connectivity index (χ1) is 11.5. The molecule has 2 aromatic carbocycles. The highest BCUT2D eigenvalue weighted by Crippen LogP contribution is 2.24. The largest absolute Gasteiger partial charge is 0.497 e. The van der Waals surface area contributed by atoms with Crippen molar-refractivity contribution in [1.82, 2.24) is 5.32 Å². The number of anilines is 1. The van der Waals surface area contributed by atoms with E-state index in [0.29, 0.717) is 11.0 Å². The average molecular weight is 407 g/mol. The summed E-state index contributed by atoms with van der Waals surface area (Å²) < 4.78 is 6.28. The Labute approximate surface area is 157 Å². The van der Waals surface area contributed by atoms with Crippen molar-refractivity contribution in [3.8, 4) is 5.75 Å². The monoisotopic (exact) mass is 406 g/mol. The van der Waals surface area contributed by atoms with Gasteiger partial charge in [0, 0.05) is 10.2 Å². The van der Waals surface area contributed by atoms with Crippen LogP contribution < -0.4 is 15.4 Å². The van der Waals surface area contributed by atoms with E-state index in [1.54, 1.807) is 7.11 Å². The molecule has 0 amide bonds. The molecule has 0 saturated carbocycles. The highest BCUT2D eigenvalue weighted by Gasteiger charge is 2.15. The molecule has 0 heterocycles. The van der Waals surface area contributed by atoms with Crippen LogP contribution in [0.15, 0.2) is 53.0 Å². The lowest BCUT2D eigenvalue weighted by atomic mass is 9.97. The number of ether oxygens (including phenoxy) is 1. The molecule has 0 spiro atoms. The molecule has 0 saturated heterocycles. The van der Waals surface area contributed by atoms with Crippen molar-refractivity contribution in [2.45, 2.75) is 26.3 Å². The Kier molecular flexibility index (Phi) is 7.06. The smallest absolute Gasteiger partial charge is 0.171 e. The zero-order valence-corrected chi connectivity index (χ0v) is 16.6. The van der Waals surface area contributed by atoms with Gasteiger partial charge in [0.1, 0.15) is 5.75 Å². The summed E-state index contributed by atoms with van der Waals surface area (Å²) >= 11 is 8.92. The van der Waals surface area contributed by atoms with Crippen molar-refractivity contribution < 1.29 is 4.74 Å². The second-order valence-electron chi connectivity index (χ2n) is 6.06. The highest BCUT2D eigenvalue weighted by atomic mass is 79.9. The van der Waals surface area contributed by atoms with Crippen molar-refractivity contribution in [2.24, 2.45) is 5.92 Å². The molecule has 0 radical (unpaired) electrons. The van der Waals surface area contributed by atoms with Gasteiger partial charge in [0.15, 0.2) is 5.11 Å². The van der Waals surface area contributed by atoms with E-state index in [2.05, 4.69) is 52.5 Å². The van der Waals surface area contributed by atoms with Crippen molar-refractivity contribution in [1.29, 1.82) is 0 Å². The number of thiocarbonyl (C=S) groups is 1. The minimum absolute atomic E-state index is 0.159. The number of nitrogens with one attached hydrogen (secondary N) is 2. The second kappa shape index (κ2) is 9.04. The van der Waals surface area contributed by atoms with E-state index in [4.69, 9.17) is 17.0 Å². The van der Waals surface area contributed by atoms with E-state index in [1.165, 1.54) is 5.56 Å². The molecule has 0 fully saturated rings. The number of hydrogen-bond acceptors (Lipinski definition) is 2. The Balaban J connectivity index is 2.06. The van der Waals surface area contributed by atoms with Gasteiger partial charge in [0.2, 0.25) is 0 Å². The zero-order chi connectivity index (χ0) is 17.5. The van der Waals surface area contributed by atoms with Crippen LogP contribution in [0, 0.1) is 5.92 Å². The molecular weight excluding hydrogens is 384 g/mol. The molecule has 0 aliphatic carbocycles. The van der Waals surface area contributed by atoms with E-state index in [9.17, 15) is 0 Å². The van der Waals surface area contributed by atoms with Gasteiger partial charge >= 0.3 is 0 Å². The summed E-state index contributed by atoms with van der Waals surface area (Å²) in [5, 5.41) is 7.30. The SMILES string of the molecule is COc1ccc(C(CC(C)C)NC(=S)Nc2ccc(Br)cc2)cc1. The predicted molar refractivity (Wildman–Crippen MR) is 109 cm³/mol. The van der Waals surface area contributed by atoms with Crippen molar-refractivity contribution >= 4 is 38.9 Å². The maximum absolute atomic E-state index is 5.49. The topological polar surface area (TPSA) is 33.3 Å². The number of methoxy groups -OCH3 is 1. The Morgan fingerprint density at radius 2 is 1.71 bits per heavy atom. The Morgan fingerprint density at radius 1 is 1.08 bits per heavy atom. The van der Waals surface area contributed by atoms with Gasteiger partial charge in [0.25, 0.3) is 0 Å². The summed E-state index contributed by atoms with van der Waals surface area (Å²) in [4.78, 5) is 0. The second-order valence-corrected chi connectivity index (χ2v) is 7.38. The first-order valence-electron chi connectivity index (χ1n) is 7.95. The molecule has 128 valence electrons. The molecule has 2 rings (SSSR count). The van der Waals surface area contributed by atoms with Crippen LogP contribution in [0.1, 0.15) is 31.9 Å². The first kappa shape index (κ1) is 18.7. The number of hydrogen-bond donors (Lipinski definition) is 2. The van der Waals surface area contributed by atoms with Crippen molar-refractivity contribution in [3.63, 3.8) is 0 Å². The van der Waals surface area contributed by atoms with Gasteiger partial charge in [-0.2, -0.15) is 0 Å². The third-order valence-electron chi connectivity index (χ3n) is 3.63. The lowest BCUT2D eigenvalue weighted by Crippen LogP contribution is -2.33. The summed E-state index contributed by atoms with van der Waals surface area (Å²) in [7, 11) is 1.68. The predicted octanol–water partition coefficient (Wildman–Crippen LogP) is 5.53. The average Bonchev–Trinajstić information content (AvgIpc) is 2.56. The molecule has 0 aromatic heterocycles. The van der Waals surface area contributed by atoms with Crippen LogP contribution in [-0.2, 0) is 0 Å². The first-order valence-corrected chi connectivity index (χ1v) is 9.15. The third kappa shape index (κ3) is 5.80. The fourth-order valence-electron chi connectivity index (χ4n) is 2.44. The molecule has 1 unspecified atom stereocenters. The van der Waals surface area contributed by atoms with Gasteiger partial charge in [-0.25, -0.2) is 0 Å². The zero-order valence-electron chi connectivity index (χ0n) is 14.2. The summed E-state index contributed by atoms with van der Waals surface area (Å²) in [6, 6.07) is 16.2. The fourth-order valence-corrected chi connectivity index (χ4v) is 2.97.